The molecule has 2 saturated carbocycles. The molecule has 0 bridgehead atoms. The van der Waals surface area contributed by atoms with Crippen molar-refractivity contribution in [3.05, 3.63) is 0 Å². The van der Waals surface area contributed by atoms with Gasteiger partial charge < -0.3 is 15.5 Å². The number of alkyl halides is 4. The Kier molecular flexibility index (Phi) is 8.13. The second-order valence-corrected chi connectivity index (χ2v) is 12.5. The van der Waals surface area contributed by atoms with Gasteiger partial charge in [0.2, 0.25) is 17.7 Å². The largest absolute Gasteiger partial charge is 0.356 e. The van der Waals surface area contributed by atoms with Gasteiger partial charge in [-0.3, -0.25) is 29.4 Å². The van der Waals surface area contributed by atoms with E-state index >= 15 is 0 Å². The number of fused-ring (bicyclic) bond motifs is 1. The van der Waals surface area contributed by atoms with Crippen LogP contribution in [0.15, 0.2) is 0 Å². The van der Waals surface area contributed by atoms with E-state index in [1.54, 1.807) is 20.8 Å². The highest BCUT2D eigenvalue weighted by Crippen LogP contribution is 2.49. The molecular weight excluding hydrogens is 543 g/mol. The number of carbonyl (C=O) groups excluding carboxylic acids is 5. The third kappa shape index (κ3) is 6.12. The van der Waals surface area contributed by atoms with Gasteiger partial charge in [-0.2, -0.15) is 0 Å². The lowest BCUT2D eigenvalue weighted by atomic mass is 9.85. The van der Waals surface area contributed by atoms with Crippen molar-refractivity contribution < 1.29 is 37.1 Å². The second kappa shape index (κ2) is 10.8. The summed E-state index contributed by atoms with van der Waals surface area (Å²) in [5.74, 6) is -9.38. The van der Waals surface area contributed by atoms with Crippen LogP contribution in [0.3, 0.4) is 0 Å². The van der Waals surface area contributed by atoms with Crippen molar-refractivity contribution in [3.63, 3.8) is 0 Å². The van der Waals surface area contributed by atoms with Gasteiger partial charge in [0.1, 0.15) is 18.0 Å². The number of amides is 5. The summed E-state index contributed by atoms with van der Waals surface area (Å²) in [6, 6.07) is -2.23. The highest BCUT2D eigenvalue weighted by molar-refractivity contribution is 6.29. The SMILES string of the molecule is CC(C)(C)[C@H](NC(=O)C1CC1(F)F)C(=O)N1C[C@@H]2CCC[C@@H]2[C@H]1C(=O)NN(C[C@@H]1CCNC1=O)C(=O)[C@H](F)Cl. The fourth-order valence-corrected chi connectivity index (χ4v) is 6.09. The molecular formula is C25H35ClF3N5O5. The van der Waals surface area contributed by atoms with Crippen molar-refractivity contribution in [2.24, 2.45) is 29.1 Å². The number of hydrazine groups is 1. The summed E-state index contributed by atoms with van der Waals surface area (Å²) < 4.78 is 40.9. The molecule has 2 heterocycles. The maximum Gasteiger partial charge on any atom is 0.291 e. The van der Waals surface area contributed by atoms with Gasteiger partial charge in [-0.25, -0.2) is 18.2 Å². The van der Waals surface area contributed by atoms with E-state index in [0.29, 0.717) is 24.4 Å². The Balaban J connectivity index is 1.55. The van der Waals surface area contributed by atoms with Gasteiger partial charge in [-0.1, -0.05) is 38.8 Å². The quantitative estimate of drug-likeness (QED) is 0.311. The zero-order chi connectivity index (χ0) is 28.9. The van der Waals surface area contributed by atoms with Crippen LogP contribution in [-0.2, 0) is 24.0 Å². The molecule has 0 aromatic rings. The van der Waals surface area contributed by atoms with Crippen LogP contribution >= 0.6 is 11.6 Å². The van der Waals surface area contributed by atoms with E-state index in [1.807, 2.05) is 0 Å². The number of rotatable bonds is 7. The summed E-state index contributed by atoms with van der Waals surface area (Å²) in [4.78, 5) is 65.9. The highest BCUT2D eigenvalue weighted by Gasteiger charge is 2.62. The maximum absolute atomic E-state index is 13.9. The summed E-state index contributed by atoms with van der Waals surface area (Å²) in [7, 11) is 0. The Bertz CT molecular complexity index is 1040. The first kappa shape index (κ1) is 29.4. The third-order valence-electron chi connectivity index (χ3n) is 8.25. The molecule has 7 atom stereocenters. The molecule has 2 aliphatic carbocycles. The van der Waals surface area contributed by atoms with Crippen LogP contribution in [0, 0.1) is 29.1 Å². The van der Waals surface area contributed by atoms with E-state index in [-0.39, 0.29) is 30.8 Å². The lowest BCUT2D eigenvalue weighted by Gasteiger charge is -2.37. The molecule has 218 valence electrons. The summed E-state index contributed by atoms with van der Waals surface area (Å²) in [5, 5.41) is 5.79. The van der Waals surface area contributed by atoms with Crippen LogP contribution in [0.4, 0.5) is 13.2 Å². The average molecular weight is 578 g/mol. The van der Waals surface area contributed by atoms with E-state index < -0.39 is 70.9 Å². The lowest BCUT2D eigenvalue weighted by molar-refractivity contribution is -0.150. The Morgan fingerprint density at radius 2 is 1.85 bits per heavy atom. The van der Waals surface area contributed by atoms with Gasteiger partial charge in [0.05, 0.1) is 12.5 Å². The zero-order valence-electron chi connectivity index (χ0n) is 22.1. The number of halogens is 4. The molecule has 14 heteroatoms. The Morgan fingerprint density at radius 1 is 1.18 bits per heavy atom. The zero-order valence-corrected chi connectivity index (χ0v) is 22.9. The fraction of sp³-hybridized carbons (Fsp3) is 0.800. The maximum atomic E-state index is 13.9. The molecule has 4 fully saturated rings. The van der Waals surface area contributed by atoms with Crippen molar-refractivity contribution in [1.29, 1.82) is 0 Å². The molecule has 2 aliphatic heterocycles. The fourth-order valence-electron chi connectivity index (χ4n) is 5.97. The van der Waals surface area contributed by atoms with E-state index in [0.717, 1.165) is 12.8 Å². The third-order valence-corrected chi connectivity index (χ3v) is 8.43. The van der Waals surface area contributed by atoms with E-state index in [9.17, 15) is 37.1 Å². The molecule has 3 N–H and O–H groups in total. The molecule has 5 amide bonds. The van der Waals surface area contributed by atoms with Crippen molar-refractivity contribution in [2.45, 2.75) is 76.5 Å². The van der Waals surface area contributed by atoms with Gasteiger partial charge in [0.25, 0.3) is 23.4 Å². The lowest BCUT2D eigenvalue weighted by Crippen LogP contribution is -2.61. The van der Waals surface area contributed by atoms with Crippen molar-refractivity contribution in [3.8, 4) is 0 Å². The topological polar surface area (TPSA) is 128 Å². The number of carbonyl (C=O) groups is 5. The monoisotopic (exact) mass is 577 g/mol. The molecule has 39 heavy (non-hydrogen) atoms. The van der Waals surface area contributed by atoms with Crippen LogP contribution in [-0.4, -0.2) is 82.7 Å². The average Bonchev–Trinajstić information content (AvgIpc) is 3.22. The first-order valence-electron chi connectivity index (χ1n) is 13.3. The molecule has 2 saturated heterocycles. The van der Waals surface area contributed by atoms with Gasteiger partial charge in [-0.15, -0.1) is 0 Å². The summed E-state index contributed by atoms with van der Waals surface area (Å²) in [6.45, 7) is 5.34. The molecule has 10 nitrogen and oxygen atoms in total. The minimum Gasteiger partial charge on any atom is -0.356 e. The Hall–Kier alpha value is -2.57. The minimum atomic E-state index is -3.11. The Morgan fingerprint density at radius 3 is 2.38 bits per heavy atom. The number of likely N-dealkylation sites (tertiary alicyclic amines) is 1. The molecule has 0 aromatic carbocycles. The summed E-state index contributed by atoms with van der Waals surface area (Å²) in [6.07, 6.45) is 2.02. The van der Waals surface area contributed by atoms with Gasteiger partial charge in [0.15, 0.2) is 0 Å². The van der Waals surface area contributed by atoms with Crippen LogP contribution in [0.5, 0.6) is 0 Å². The molecule has 0 aromatic heterocycles. The van der Waals surface area contributed by atoms with E-state index in [4.69, 9.17) is 11.6 Å². The molecule has 1 unspecified atom stereocenters. The number of nitrogens with zero attached hydrogens (tertiary/aromatic N) is 2. The predicted molar refractivity (Wildman–Crippen MR) is 132 cm³/mol. The summed E-state index contributed by atoms with van der Waals surface area (Å²) in [5.41, 5.74) is -0.927. The number of hydrogen-bond acceptors (Lipinski definition) is 5. The smallest absolute Gasteiger partial charge is 0.291 e. The minimum absolute atomic E-state index is 0.0134. The summed E-state index contributed by atoms with van der Waals surface area (Å²) >= 11 is 5.38. The molecule has 4 rings (SSSR count). The van der Waals surface area contributed by atoms with Crippen LogP contribution in [0.2, 0.25) is 0 Å². The van der Waals surface area contributed by atoms with Crippen LogP contribution in [0.25, 0.3) is 0 Å². The van der Waals surface area contributed by atoms with E-state index in [2.05, 4.69) is 16.1 Å². The van der Waals surface area contributed by atoms with Crippen molar-refractivity contribution >= 4 is 41.1 Å². The van der Waals surface area contributed by atoms with Crippen LogP contribution < -0.4 is 16.1 Å². The van der Waals surface area contributed by atoms with E-state index in [1.165, 1.54) is 4.90 Å². The predicted octanol–water partition coefficient (Wildman–Crippen LogP) is 1.33. The van der Waals surface area contributed by atoms with Crippen LogP contribution in [0.1, 0.15) is 52.9 Å². The molecule has 0 radical (unpaired) electrons. The Labute approximate surface area is 229 Å². The van der Waals surface area contributed by atoms with Crippen molar-refractivity contribution in [1.82, 2.24) is 26.0 Å². The van der Waals surface area contributed by atoms with Crippen molar-refractivity contribution in [2.75, 3.05) is 19.6 Å². The highest BCUT2D eigenvalue weighted by atomic mass is 35.5. The molecule has 4 aliphatic rings. The first-order valence-corrected chi connectivity index (χ1v) is 13.7. The standard InChI is InChI=1S/C25H35ClF3N5O5/c1-24(2,3)17(31-20(36)15-9-25(15,28)29)22(38)33-10-12-5-4-6-14(12)16(33)21(37)32-34(23(39)18(26)27)11-13-7-8-30-19(13)35/h12-18H,4-11H2,1-3H3,(H,30,35)(H,31,36)(H,32,37)/t12-,13-,14-,15?,16-,17+,18-/m0/s1. The number of nitrogens with one attached hydrogen (secondary N) is 3. The first-order chi connectivity index (χ1) is 18.1. The second-order valence-electron chi connectivity index (χ2n) is 12.1. The normalized spacial score (nSPS) is 30.7. The number of hydrogen-bond donors (Lipinski definition) is 3. The molecule has 0 spiro atoms. The van der Waals surface area contributed by atoms with Gasteiger partial charge in [0, 0.05) is 19.5 Å². The van der Waals surface area contributed by atoms with Gasteiger partial charge in [-0.05, 0) is 36.5 Å². The van der Waals surface area contributed by atoms with Gasteiger partial charge >= 0.3 is 0 Å².